The van der Waals surface area contributed by atoms with Crippen molar-refractivity contribution in [3.05, 3.63) is 18.2 Å². The molecule has 0 bridgehead atoms. The lowest BCUT2D eigenvalue weighted by Crippen LogP contribution is -2.15. The van der Waals surface area contributed by atoms with Gasteiger partial charge < -0.3 is 10.3 Å². The summed E-state index contributed by atoms with van der Waals surface area (Å²) >= 11 is 0. The van der Waals surface area contributed by atoms with Crippen molar-refractivity contribution in [2.45, 2.75) is 13.0 Å². The fourth-order valence-electron chi connectivity index (χ4n) is 0.793. The Kier molecular flexibility index (Phi) is 3.61. The summed E-state index contributed by atoms with van der Waals surface area (Å²) in [6.45, 7) is 1.13. The number of rotatable bonds is 5. The van der Waals surface area contributed by atoms with E-state index in [1.165, 1.54) is 0 Å². The zero-order valence-electron chi connectivity index (χ0n) is 6.31. The molecule has 4 heteroatoms. The summed E-state index contributed by atoms with van der Waals surface area (Å²) in [5, 5.41) is 3.05. The molecular weight excluding hydrogens is 145 g/mol. The van der Waals surface area contributed by atoms with Gasteiger partial charge in [-0.3, -0.25) is 4.39 Å². The maximum atomic E-state index is 11.6. The van der Waals surface area contributed by atoms with Crippen LogP contribution in [0.15, 0.2) is 12.4 Å². The van der Waals surface area contributed by atoms with Crippen molar-refractivity contribution in [1.82, 2.24) is 15.3 Å². The highest BCUT2D eigenvalue weighted by Crippen LogP contribution is 1.86. The van der Waals surface area contributed by atoms with Crippen molar-refractivity contribution in [3.63, 3.8) is 0 Å². The number of hydrogen-bond acceptors (Lipinski definition) is 2. The first kappa shape index (κ1) is 8.20. The second kappa shape index (κ2) is 4.85. The maximum Gasteiger partial charge on any atom is 0.120 e. The zero-order chi connectivity index (χ0) is 7.94. The number of nitrogens with zero attached hydrogens (tertiary/aromatic N) is 1. The fraction of sp³-hybridized carbons (Fsp3) is 0.571. The van der Waals surface area contributed by atoms with E-state index in [1.807, 2.05) is 0 Å². The zero-order valence-corrected chi connectivity index (χ0v) is 6.31. The molecule has 0 saturated heterocycles. The number of alkyl halides is 1. The van der Waals surface area contributed by atoms with Crippen molar-refractivity contribution in [1.29, 1.82) is 0 Å². The third-order valence-corrected chi connectivity index (χ3v) is 1.33. The first-order valence-corrected chi connectivity index (χ1v) is 3.68. The molecule has 0 aliphatic carbocycles. The van der Waals surface area contributed by atoms with E-state index < -0.39 is 0 Å². The molecule has 1 aromatic heterocycles. The Morgan fingerprint density at radius 1 is 1.64 bits per heavy atom. The first-order chi connectivity index (χ1) is 5.43. The van der Waals surface area contributed by atoms with Crippen LogP contribution in [0.4, 0.5) is 4.39 Å². The highest BCUT2D eigenvalue weighted by molar-refractivity contribution is 4.85. The number of imidazole rings is 1. The van der Waals surface area contributed by atoms with Gasteiger partial charge >= 0.3 is 0 Å². The number of H-pyrrole nitrogens is 1. The Labute approximate surface area is 65.0 Å². The Morgan fingerprint density at radius 2 is 2.55 bits per heavy atom. The average molecular weight is 157 g/mol. The number of aromatic amines is 1. The number of halogens is 1. The van der Waals surface area contributed by atoms with Gasteiger partial charge in [0.2, 0.25) is 0 Å². The van der Waals surface area contributed by atoms with Crippen molar-refractivity contribution < 1.29 is 4.39 Å². The second-order valence-corrected chi connectivity index (χ2v) is 2.26. The normalized spacial score (nSPS) is 10.3. The number of hydrogen-bond donors (Lipinski definition) is 2. The predicted octanol–water partition coefficient (Wildman–Crippen LogP) is 0.859. The summed E-state index contributed by atoms with van der Waals surface area (Å²) in [5.74, 6) is 0.892. The van der Waals surface area contributed by atoms with Crippen LogP contribution in [0.25, 0.3) is 0 Å². The molecular formula is C7H12FN3. The summed E-state index contributed by atoms with van der Waals surface area (Å²) < 4.78 is 11.6. The molecule has 3 nitrogen and oxygen atoms in total. The summed E-state index contributed by atoms with van der Waals surface area (Å²) in [4.78, 5) is 6.95. The molecule has 0 radical (unpaired) electrons. The molecule has 0 amide bonds. The van der Waals surface area contributed by atoms with Crippen LogP contribution >= 0.6 is 0 Å². The Hall–Kier alpha value is -0.900. The Balaban J connectivity index is 2.04. The standard InChI is InChI=1S/C7H12FN3/c8-2-1-3-9-6-7-10-4-5-11-7/h4-5,9H,1-3,6H2,(H,10,11). The minimum atomic E-state index is -0.259. The van der Waals surface area contributed by atoms with Crippen LogP contribution in [-0.2, 0) is 6.54 Å². The van der Waals surface area contributed by atoms with E-state index in [1.54, 1.807) is 12.4 Å². The van der Waals surface area contributed by atoms with E-state index in [2.05, 4.69) is 15.3 Å². The molecule has 0 aliphatic rings. The number of nitrogens with one attached hydrogen (secondary N) is 2. The lowest BCUT2D eigenvalue weighted by molar-refractivity contribution is 0.458. The van der Waals surface area contributed by atoms with Gasteiger partial charge in [0, 0.05) is 12.4 Å². The summed E-state index contributed by atoms with van der Waals surface area (Å²) in [6.07, 6.45) is 4.04. The molecule has 0 spiro atoms. The molecule has 1 heterocycles. The van der Waals surface area contributed by atoms with Crippen molar-refractivity contribution in [2.24, 2.45) is 0 Å². The van der Waals surface area contributed by atoms with E-state index in [0.717, 1.165) is 5.82 Å². The highest BCUT2D eigenvalue weighted by atomic mass is 19.1. The maximum absolute atomic E-state index is 11.6. The molecule has 0 aliphatic heterocycles. The van der Waals surface area contributed by atoms with Crippen molar-refractivity contribution >= 4 is 0 Å². The third-order valence-electron chi connectivity index (χ3n) is 1.33. The first-order valence-electron chi connectivity index (χ1n) is 3.68. The van der Waals surface area contributed by atoms with Gasteiger partial charge in [0.1, 0.15) is 5.82 Å². The summed E-state index contributed by atoms with van der Waals surface area (Å²) in [6, 6.07) is 0. The molecule has 2 N–H and O–H groups in total. The lowest BCUT2D eigenvalue weighted by atomic mass is 10.4. The largest absolute Gasteiger partial charge is 0.348 e. The van der Waals surface area contributed by atoms with E-state index in [9.17, 15) is 4.39 Å². The van der Waals surface area contributed by atoms with E-state index >= 15 is 0 Å². The van der Waals surface area contributed by atoms with Gasteiger partial charge in [-0.15, -0.1) is 0 Å². The van der Waals surface area contributed by atoms with Crippen molar-refractivity contribution in [2.75, 3.05) is 13.2 Å². The van der Waals surface area contributed by atoms with Crippen LogP contribution in [0.1, 0.15) is 12.2 Å². The smallest absolute Gasteiger partial charge is 0.120 e. The minimum absolute atomic E-state index is 0.259. The monoisotopic (exact) mass is 157 g/mol. The molecule has 62 valence electrons. The molecule has 1 aromatic rings. The van der Waals surface area contributed by atoms with Gasteiger partial charge in [0.15, 0.2) is 0 Å². The molecule has 11 heavy (non-hydrogen) atoms. The van der Waals surface area contributed by atoms with Gasteiger partial charge in [0.05, 0.1) is 13.2 Å². The van der Waals surface area contributed by atoms with Gasteiger partial charge in [0.25, 0.3) is 0 Å². The molecule has 0 aromatic carbocycles. The van der Waals surface area contributed by atoms with Gasteiger partial charge in [-0.2, -0.15) is 0 Å². The van der Waals surface area contributed by atoms with Crippen LogP contribution in [-0.4, -0.2) is 23.2 Å². The van der Waals surface area contributed by atoms with E-state index in [-0.39, 0.29) is 6.67 Å². The van der Waals surface area contributed by atoms with Gasteiger partial charge in [-0.05, 0) is 13.0 Å². The summed E-state index contributed by atoms with van der Waals surface area (Å²) in [5.41, 5.74) is 0. The van der Waals surface area contributed by atoms with Crippen LogP contribution in [0.2, 0.25) is 0 Å². The van der Waals surface area contributed by atoms with E-state index in [4.69, 9.17) is 0 Å². The second-order valence-electron chi connectivity index (χ2n) is 2.26. The van der Waals surface area contributed by atoms with Gasteiger partial charge in [-0.25, -0.2) is 4.98 Å². The van der Waals surface area contributed by atoms with E-state index in [0.29, 0.717) is 19.5 Å². The van der Waals surface area contributed by atoms with Gasteiger partial charge in [-0.1, -0.05) is 0 Å². The molecule has 0 atom stereocenters. The SMILES string of the molecule is FCCCNCc1ncc[nH]1. The molecule has 0 fully saturated rings. The molecule has 0 saturated carbocycles. The Bertz CT molecular complexity index is 174. The minimum Gasteiger partial charge on any atom is -0.348 e. The van der Waals surface area contributed by atoms with Crippen LogP contribution < -0.4 is 5.32 Å². The third kappa shape index (κ3) is 3.13. The quantitative estimate of drug-likeness (QED) is 0.622. The van der Waals surface area contributed by atoms with Crippen molar-refractivity contribution in [3.8, 4) is 0 Å². The summed E-state index contributed by atoms with van der Waals surface area (Å²) in [7, 11) is 0. The molecule has 0 unspecified atom stereocenters. The predicted molar refractivity (Wildman–Crippen MR) is 40.9 cm³/mol. The average Bonchev–Trinajstić information content (AvgIpc) is 2.50. The topological polar surface area (TPSA) is 40.7 Å². The number of aromatic nitrogens is 2. The van der Waals surface area contributed by atoms with Crippen LogP contribution in [0.5, 0.6) is 0 Å². The molecule has 1 rings (SSSR count). The highest BCUT2D eigenvalue weighted by Gasteiger charge is 1.91. The Morgan fingerprint density at radius 3 is 3.18 bits per heavy atom. The fourth-order valence-corrected chi connectivity index (χ4v) is 0.793. The van der Waals surface area contributed by atoms with Crippen LogP contribution in [0, 0.1) is 0 Å². The lowest BCUT2D eigenvalue weighted by Gasteiger charge is -1.98. The van der Waals surface area contributed by atoms with Crippen LogP contribution in [0.3, 0.4) is 0 Å².